The number of carboxylic acids is 1. The van der Waals surface area contributed by atoms with Crippen molar-refractivity contribution in [3.8, 4) is 0 Å². The predicted octanol–water partition coefficient (Wildman–Crippen LogP) is 1.70. The highest BCUT2D eigenvalue weighted by Gasteiger charge is 2.27. The number of fused-ring (bicyclic) bond motifs is 1. The molecule has 2 atom stereocenters. The molecule has 2 rings (SSSR count). The highest BCUT2D eigenvalue weighted by atomic mass is 16.6. The topological polar surface area (TPSA) is 138 Å². The van der Waals surface area contributed by atoms with E-state index in [0.29, 0.717) is 11.9 Å². The minimum absolute atomic E-state index is 0.0711. The van der Waals surface area contributed by atoms with Crippen molar-refractivity contribution >= 4 is 28.5 Å². The van der Waals surface area contributed by atoms with Crippen molar-refractivity contribution in [3.63, 3.8) is 0 Å². The number of carboxylic acid groups (broad SMARTS) is 1. The van der Waals surface area contributed by atoms with E-state index in [4.69, 9.17) is 0 Å². The van der Waals surface area contributed by atoms with E-state index in [-0.39, 0.29) is 22.7 Å². The Morgan fingerprint density at radius 3 is 2.74 bits per heavy atom. The van der Waals surface area contributed by atoms with Gasteiger partial charge in [0.15, 0.2) is 5.69 Å². The highest BCUT2D eigenvalue weighted by molar-refractivity contribution is 6.06. The first kappa shape index (κ1) is 16.4. The van der Waals surface area contributed by atoms with Gasteiger partial charge in [-0.25, -0.2) is 4.79 Å². The quantitative estimate of drug-likeness (QED) is 0.547. The molecule has 0 unspecified atom stereocenters. The van der Waals surface area contributed by atoms with Crippen molar-refractivity contribution in [2.75, 3.05) is 0 Å². The smallest absolute Gasteiger partial charge is 0.326 e. The summed E-state index contributed by atoms with van der Waals surface area (Å²) >= 11 is 0. The number of aromatic nitrogens is 2. The Morgan fingerprint density at radius 2 is 2.17 bits per heavy atom. The third-order valence-corrected chi connectivity index (χ3v) is 3.74. The van der Waals surface area contributed by atoms with Gasteiger partial charge in [-0.15, -0.1) is 0 Å². The SMILES string of the molecule is CC[C@H](C)[C@H](NC(=O)c1n[nH]c2ccc([N+](=O)[O-])cc12)C(=O)O. The van der Waals surface area contributed by atoms with Crippen molar-refractivity contribution in [3.05, 3.63) is 34.0 Å². The molecule has 0 aliphatic rings. The van der Waals surface area contributed by atoms with Crippen LogP contribution in [-0.2, 0) is 4.79 Å². The molecule has 0 fully saturated rings. The number of hydrogen-bond acceptors (Lipinski definition) is 5. The highest BCUT2D eigenvalue weighted by Crippen LogP contribution is 2.22. The van der Waals surface area contributed by atoms with Crippen LogP contribution in [0.1, 0.15) is 30.8 Å². The van der Waals surface area contributed by atoms with Crippen molar-refractivity contribution < 1.29 is 19.6 Å². The van der Waals surface area contributed by atoms with Crippen molar-refractivity contribution in [2.24, 2.45) is 5.92 Å². The minimum Gasteiger partial charge on any atom is -0.480 e. The fourth-order valence-electron chi connectivity index (χ4n) is 2.18. The molecule has 1 aromatic carbocycles. The lowest BCUT2D eigenvalue weighted by atomic mass is 9.99. The second-order valence-corrected chi connectivity index (χ2v) is 5.23. The molecule has 1 heterocycles. The van der Waals surface area contributed by atoms with E-state index in [2.05, 4.69) is 15.5 Å². The number of aliphatic carboxylic acids is 1. The van der Waals surface area contributed by atoms with Crippen LogP contribution in [0.2, 0.25) is 0 Å². The molecule has 0 spiro atoms. The number of amides is 1. The van der Waals surface area contributed by atoms with Crippen LogP contribution in [0.15, 0.2) is 18.2 Å². The number of benzene rings is 1. The molecule has 0 saturated heterocycles. The van der Waals surface area contributed by atoms with Gasteiger partial charge in [-0.1, -0.05) is 20.3 Å². The van der Waals surface area contributed by atoms with Crippen LogP contribution < -0.4 is 5.32 Å². The number of nitro groups is 1. The summed E-state index contributed by atoms with van der Waals surface area (Å²) in [6.45, 7) is 3.53. The zero-order valence-corrected chi connectivity index (χ0v) is 12.6. The Labute approximate surface area is 130 Å². The lowest BCUT2D eigenvalue weighted by Gasteiger charge is -2.19. The van der Waals surface area contributed by atoms with Crippen LogP contribution in [0.3, 0.4) is 0 Å². The molecule has 0 aliphatic heterocycles. The molecule has 3 N–H and O–H groups in total. The Kier molecular flexibility index (Phi) is 4.58. The van der Waals surface area contributed by atoms with Gasteiger partial charge in [-0.3, -0.25) is 20.0 Å². The first-order valence-electron chi connectivity index (χ1n) is 7.01. The van der Waals surface area contributed by atoms with Crippen LogP contribution in [0.5, 0.6) is 0 Å². The zero-order valence-electron chi connectivity index (χ0n) is 12.6. The number of carbonyl (C=O) groups is 2. The van der Waals surface area contributed by atoms with Gasteiger partial charge in [0.2, 0.25) is 0 Å². The first-order valence-corrected chi connectivity index (χ1v) is 7.01. The largest absolute Gasteiger partial charge is 0.480 e. The normalized spacial score (nSPS) is 13.5. The van der Waals surface area contributed by atoms with Crippen molar-refractivity contribution in [1.82, 2.24) is 15.5 Å². The molecule has 23 heavy (non-hydrogen) atoms. The monoisotopic (exact) mass is 320 g/mol. The number of carbonyl (C=O) groups excluding carboxylic acids is 1. The van der Waals surface area contributed by atoms with Gasteiger partial charge >= 0.3 is 5.97 Å². The van der Waals surface area contributed by atoms with Crippen molar-refractivity contribution in [2.45, 2.75) is 26.3 Å². The molecule has 2 aromatic rings. The lowest BCUT2D eigenvalue weighted by Crippen LogP contribution is -2.45. The molecule has 0 saturated carbocycles. The van der Waals surface area contributed by atoms with Crippen LogP contribution in [-0.4, -0.2) is 38.1 Å². The summed E-state index contributed by atoms with van der Waals surface area (Å²) in [5.74, 6) is -2.10. The number of nitrogens with one attached hydrogen (secondary N) is 2. The summed E-state index contributed by atoms with van der Waals surface area (Å²) in [5.41, 5.74) is 0.207. The zero-order chi connectivity index (χ0) is 17.1. The molecule has 0 bridgehead atoms. The fourth-order valence-corrected chi connectivity index (χ4v) is 2.18. The standard InChI is InChI=1S/C14H16N4O5/c1-3-7(2)11(14(20)21)15-13(19)12-9-6-8(18(22)23)4-5-10(9)16-17-12/h4-7,11H,3H2,1-2H3,(H,15,19)(H,16,17)(H,20,21)/t7-,11-/m0/s1. The molecule has 1 aromatic heterocycles. The van der Waals surface area contributed by atoms with Crippen LogP contribution in [0, 0.1) is 16.0 Å². The molecule has 0 aliphatic carbocycles. The second-order valence-electron chi connectivity index (χ2n) is 5.23. The maximum atomic E-state index is 12.3. The summed E-state index contributed by atoms with van der Waals surface area (Å²) in [4.78, 5) is 33.9. The second kappa shape index (κ2) is 6.42. The number of non-ortho nitro benzene ring substituents is 1. The summed E-state index contributed by atoms with van der Waals surface area (Å²) < 4.78 is 0. The average molecular weight is 320 g/mol. The minimum atomic E-state index is -1.14. The van der Waals surface area contributed by atoms with E-state index in [0.717, 1.165) is 0 Å². The van der Waals surface area contributed by atoms with Crippen LogP contribution >= 0.6 is 0 Å². The van der Waals surface area contributed by atoms with Gasteiger partial charge in [0.25, 0.3) is 11.6 Å². The Balaban J connectivity index is 2.35. The van der Waals surface area contributed by atoms with Crippen LogP contribution in [0.4, 0.5) is 5.69 Å². The number of hydrogen-bond donors (Lipinski definition) is 3. The van der Waals surface area contributed by atoms with E-state index < -0.39 is 22.8 Å². The van der Waals surface area contributed by atoms with E-state index in [1.807, 2.05) is 6.92 Å². The number of aromatic amines is 1. The van der Waals surface area contributed by atoms with E-state index in [1.165, 1.54) is 18.2 Å². The Hall–Kier alpha value is -2.97. The molecule has 1 amide bonds. The summed E-state index contributed by atoms with van der Waals surface area (Å²) in [6, 6.07) is 2.91. The maximum Gasteiger partial charge on any atom is 0.326 e. The molecule has 0 radical (unpaired) electrons. The van der Waals surface area contributed by atoms with E-state index in [1.54, 1.807) is 6.92 Å². The lowest BCUT2D eigenvalue weighted by molar-refractivity contribution is -0.384. The summed E-state index contributed by atoms with van der Waals surface area (Å²) in [7, 11) is 0. The molecule has 122 valence electrons. The van der Waals surface area contributed by atoms with Gasteiger partial charge < -0.3 is 10.4 Å². The number of nitro benzene ring substituents is 1. The third kappa shape index (κ3) is 3.28. The number of nitrogens with zero attached hydrogens (tertiary/aromatic N) is 2. The van der Waals surface area contributed by atoms with Gasteiger partial charge in [-0.2, -0.15) is 5.10 Å². The van der Waals surface area contributed by atoms with E-state index in [9.17, 15) is 24.8 Å². The molecule has 9 nitrogen and oxygen atoms in total. The molecular formula is C14H16N4O5. The maximum absolute atomic E-state index is 12.3. The number of H-pyrrole nitrogens is 1. The predicted molar refractivity (Wildman–Crippen MR) is 81.1 cm³/mol. The number of rotatable bonds is 6. The van der Waals surface area contributed by atoms with Crippen molar-refractivity contribution in [1.29, 1.82) is 0 Å². The van der Waals surface area contributed by atoms with Gasteiger partial charge in [0, 0.05) is 17.5 Å². The molecule has 9 heteroatoms. The van der Waals surface area contributed by atoms with Crippen LogP contribution in [0.25, 0.3) is 10.9 Å². The summed E-state index contributed by atoms with van der Waals surface area (Å²) in [6.07, 6.45) is 0.573. The Bertz CT molecular complexity index is 770. The van der Waals surface area contributed by atoms with Gasteiger partial charge in [0.1, 0.15) is 6.04 Å². The fraction of sp³-hybridized carbons (Fsp3) is 0.357. The third-order valence-electron chi connectivity index (χ3n) is 3.74. The van der Waals surface area contributed by atoms with E-state index >= 15 is 0 Å². The first-order chi connectivity index (χ1) is 10.8. The molecular weight excluding hydrogens is 304 g/mol. The Morgan fingerprint density at radius 1 is 1.48 bits per heavy atom. The average Bonchev–Trinajstić information content (AvgIpc) is 2.94. The van der Waals surface area contributed by atoms with Gasteiger partial charge in [0.05, 0.1) is 10.4 Å². The van der Waals surface area contributed by atoms with Gasteiger partial charge in [-0.05, 0) is 12.0 Å². The summed E-state index contributed by atoms with van der Waals surface area (Å²) in [5, 5.41) is 29.2.